The lowest BCUT2D eigenvalue weighted by atomic mass is 10.2. The number of hydrogen-bond donors (Lipinski definition) is 0. The number of thioether (sulfide) groups is 1. The minimum atomic E-state index is -0.283. The van der Waals surface area contributed by atoms with Crippen molar-refractivity contribution in [3.63, 3.8) is 0 Å². The molecular formula is C18H17FN2O2S. The van der Waals surface area contributed by atoms with Crippen LogP contribution in [0.1, 0.15) is 23.9 Å². The second-order valence-corrected chi connectivity index (χ2v) is 6.56. The van der Waals surface area contributed by atoms with E-state index >= 15 is 0 Å². The Morgan fingerprint density at radius 2 is 1.83 bits per heavy atom. The summed E-state index contributed by atoms with van der Waals surface area (Å²) in [5.41, 5.74) is 3.63. The summed E-state index contributed by atoms with van der Waals surface area (Å²) in [5, 5.41) is -0.235. The third kappa shape index (κ3) is 2.78. The molecule has 0 atom stereocenters. The fourth-order valence-corrected chi connectivity index (χ4v) is 3.73. The molecule has 2 heterocycles. The number of carbonyl (C=O) groups is 2. The Morgan fingerprint density at radius 3 is 2.42 bits per heavy atom. The van der Waals surface area contributed by atoms with Gasteiger partial charge in [-0.15, -0.1) is 0 Å². The number of carbonyl (C=O) groups excluding carboxylic acids is 2. The lowest BCUT2D eigenvalue weighted by Crippen LogP contribution is -2.27. The Morgan fingerprint density at radius 1 is 1.17 bits per heavy atom. The van der Waals surface area contributed by atoms with Crippen LogP contribution in [-0.2, 0) is 4.79 Å². The number of hydrogen-bond acceptors (Lipinski definition) is 3. The summed E-state index contributed by atoms with van der Waals surface area (Å²) in [5.74, 6) is -0.534. The van der Waals surface area contributed by atoms with Gasteiger partial charge in [0.25, 0.3) is 11.1 Å². The van der Waals surface area contributed by atoms with Crippen LogP contribution in [0.2, 0.25) is 0 Å². The summed E-state index contributed by atoms with van der Waals surface area (Å²) in [6, 6.07) is 8.22. The van der Waals surface area contributed by atoms with E-state index in [0.717, 1.165) is 34.4 Å². The van der Waals surface area contributed by atoms with Crippen molar-refractivity contribution < 1.29 is 14.0 Å². The third-order valence-corrected chi connectivity index (χ3v) is 4.94. The Labute approximate surface area is 144 Å². The summed E-state index contributed by atoms with van der Waals surface area (Å²) >= 11 is 0.962. The number of aryl methyl sites for hydroxylation is 1. The molecular weight excluding hydrogens is 327 g/mol. The van der Waals surface area contributed by atoms with E-state index in [1.165, 1.54) is 17.0 Å². The van der Waals surface area contributed by atoms with Crippen LogP contribution >= 0.6 is 11.8 Å². The number of amides is 2. The molecule has 1 saturated heterocycles. The van der Waals surface area contributed by atoms with Crippen molar-refractivity contribution >= 4 is 29.0 Å². The maximum absolute atomic E-state index is 13.1. The Bertz CT molecular complexity index is 853. The molecule has 0 bridgehead atoms. The van der Waals surface area contributed by atoms with Gasteiger partial charge in [0.2, 0.25) is 0 Å². The number of aromatic nitrogens is 1. The van der Waals surface area contributed by atoms with Gasteiger partial charge in [-0.05, 0) is 74.5 Å². The molecule has 24 heavy (non-hydrogen) atoms. The van der Waals surface area contributed by atoms with Gasteiger partial charge in [0.1, 0.15) is 5.82 Å². The summed E-state index contributed by atoms with van der Waals surface area (Å²) in [7, 11) is 0. The quantitative estimate of drug-likeness (QED) is 0.780. The fraction of sp³-hybridized carbons (Fsp3) is 0.222. The van der Waals surface area contributed by atoms with Crippen LogP contribution in [0, 0.1) is 19.7 Å². The van der Waals surface area contributed by atoms with Gasteiger partial charge in [0.15, 0.2) is 0 Å². The van der Waals surface area contributed by atoms with Crippen molar-refractivity contribution in [1.29, 1.82) is 0 Å². The lowest BCUT2D eigenvalue weighted by Gasteiger charge is -2.09. The molecule has 1 fully saturated rings. The van der Waals surface area contributed by atoms with Gasteiger partial charge in [0, 0.05) is 23.6 Å². The smallest absolute Gasteiger partial charge is 0.293 e. The summed E-state index contributed by atoms with van der Waals surface area (Å²) in [4.78, 5) is 25.7. The van der Waals surface area contributed by atoms with Crippen LogP contribution in [-0.4, -0.2) is 27.2 Å². The zero-order valence-electron chi connectivity index (χ0n) is 13.7. The molecule has 0 saturated carbocycles. The molecule has 1 aliphatic heterocycles. The minimum absolute atomic E-state index is 0.235. The number of imide groups is 1. The van der Waals surface area contributed by atoms with Gasteiger partial charge in [-0.25, -0.2) is 4.39 Å². The van der Waals surface area contributed by atoms with Crippen molar-refractivity contribution in [2.24, 2.45) is 0 Å². The molecule has 0 unspecified atom stereocenters. The molecule has 0 radical (unpaired) electrons. The maximum atomic E-state index is 13.1. The first kappa shape index (κ1) is 16.5. The molecule has 124 valence electrons. The van der Waals surface area contributed by atoms with Crippen LogP contribution in [0.4, 0.5) is 9.18 Å². The van der Waals surface area contributed by atoms with Crippen LogP contribution < -0.4 is 0 Å². The van der Waals surface area contributed by atoms with E-state index < -0.39 is 0 Å². The Kier molecular flexibility index (Phi) is 4.32. The van der Waals surface area contributed by atoms with Crippen LogP contribution in [0.15, 0.2) is 35.2 Å². The lowest BCUT2D eigenvalue weighted by molar-refractivity contribution is -0.122. The van der Waals surface area contributed by atoms with E-state index in [9.17, 15) is 14.0 Å². The fourth-order valence-electron chi connectivity index (χ4n) is 2.84. The molecule has 6 heteroatoms. The zero-order chi connectivity index (χ0) is 17.4. The molecule has 0 spiro atoms. The average molecular weight is 344 g/mol. The Balaban J connectivity index is 2.01. The van der Waals surface area contributed by atoms with Gasteiger partial charge in [-0.3, -0.25) is 14.5 Å². The van der Waals surface area contributed by atoms with Crippen molar-refractivity contribution in [2.45, 2.75) is 20.8 Å². The normalized spacial score (nSPS) is 16.5. The van der Waals surface area contributed by atoms with Gasteiger partial charge >= 0.3 is 0 Å². The average Bonchev–Trinajstić information content (AvgIpc) is 2.97. The van der Waals surface area contributed by atoms with Gasteiger partial charge in [0.05, 0.1) is 4.91 Å². The second kappa shape index (κ2) is 6.28. The summed E-state index contributed by atoms with van der Waals surface area (Å²) < 4.78 is 15.1. The number of benzene rings is 1. The van der Waals surface area contributed by atoms with E-state index in [0.29, 0.717) is 11.4 Å². The first-order chi connectivity index (χ1) is 11.4. The number of halogens is 1. The summed E-state index contributed by atoms with van der Waals surface area (Å²) in [6.07, 6.45) is 1.75. The molecule has 0 N–H and O–H groups in total. The molecule has 2 amide bonds. The molecule has 3 rings (SSSR count). The largest absolute Gasteiger partial charge is 0.318 e. The van der Waals surface area contributed by atoms with E-state index in [1.54, 1.807) is 25.1 Å². The number of rotatable bonds is 3. The van der Waals surface area contributed by atoms with Gasteiger partial charge < -0.3 is 4.57 Å². The van der Waals surface area contributed by atoms with E-state index in [1.807, 2.05) is 24.5 Å². The highest BCUT2D eigenvalue weighted by Gasteiger charge is 2.33. The molecule has 1 aliphatic rings. The topological polar surface area (TPSA) is 42.3 Å². The third-order valence-electron chi connectivity index (χ3n) is 4.03. The van der Waals surface area contributed by atoms with Crippen LogP contribution in [0.5, 0.6) is 0 Å². The molecule has 0 aliphatic carbocycles. The van der Waals surface area contributed by atoms with Crippen molar-refractivity contribution in [2.75, 3.05) is 6.54 Å². The van der Waals surface area contributed by atoms with Gasteiger partial charge in [-0.1, -0.05) is 0 Å². The van der Waals surface area contributed by atoms with Crippen LogP contribution in [0.3, 0.4) is 0 Å². The molecule has 4 nitrogen and oxygen atoms in total. The van der Waals surface area contributed by atoms with Crippen LogP contribution in [0.25, 0.3) is 11.8 Å². The maximum Gasteiger partial charge on any atom is 0.293 e. The molecule has 1 aromatic heterocycles. The van der Waals surface area contributed by atoms with Gasteiger partial charge in [-0.2, -0.15) is 0 Å². The van der Waals surface area contributed by atoms with Crippen molar-refractivity contribution in [3.05, 3.63) is 58.0 Å². The highest BCUT2D eigenvalue weighted by atomic mass is 32.2. The summed E-state index contributed by atoms with van der Waals surface area (Å²) in [6.45, 7) is 6.04. The number of likely N-dealkylation sites (N-methyl/N-ethyl adjacent to an activating group) is 1. The zero-order valence-corrected chi connectivity index (χ0v) is 14.5. The van der Waals surface area contributed by atoms with E-state index in [2.05, 4.69) is 0 Å². The van der Waals surface area contributed by atoms with Crippen molar-refractivity contribution in [3.8, 4) is 5.69 Å². The second-order valence-electron chi connectivity index (χ2n) is 5.56. The first-order valence-electron chi connectivity index (χ1n) is 7.62. The molecule has 2 aromatic rings. The predicted molar refractivity (Wildman–Crippen MR) is 93.6 cm³/mol. The van der Waals surface area contributed by atoms with E-state index in [4.69, 9.17) is 0 Å². The predicted octanol–water partition coefficient (Wildman–Crippen LogP) is 4.29. The minimum Gasteiger partial charge on any atom is -0.318 e. The monoisotopic (exact) mass is 344 g/mol. The highest BCUT2D eigenvalue weighted by molar-refractivity contribution is 8.18. The SMILES string of the molecule is CCN1C(=O)S/C(=C/c2cc(C)n(-c3ccc(F)cc3)c2C)C1=O. The standard InChI is InChI=1S/C18H17FN2O2S/c1-4-20-17(22)16(24-18(20)23)10-13-9-11(2)21(12(13)3)15-7-5-14(19)6-8-15/h5-10H,4H2,1-3H3/b16-10+. The van der Waals surface area contributed by atoms with Crippen molar-refractivity contribution in [1.82, 2.24) is 9.47 Å². The highest BCUT2D eigenvalue weighted by Crippen LogP contribution is 2.33. The first-order valence-corrected chi connectivity index (χ1v) is 8.44. The Hall–Kier alpha value is -2.34. The molecule has 1 aromatic carbocycles. The van der Waals surface area contributed by atoms with E-state index in [-0.39, 0.29) is 17.0 Å². The number of nitrogens with zero attached hydrogens (tertiary/aromatic N) is 2.